The molecule has 138 valence electrons. The highest BCUT2D eigenvalue weighted by Crippen LogP contribution is 2.28. The van der Waals surface area contributed by atoms with E-state index >= 15 is 0 Å². The Morgan fingerprint density at radius 1 is 1.32 bits per heavy atom. The number of hydrogen-bond donors (Lipinski definition) is 3. The topological polar surface area (TPSA) is 51.2 Å². The average Bonchev–Trinajstić information content (AvgIpc) is 2.52. The molecule has 3 rings (SSSR count). The fourth-order valence-electron chi connectivity index (χ4n) is 4.49. The van der Waals surface area contributed by atoms with Crippen LogP contribution in [0.3, 0.4) is 0 Å². The first-order valence-corrected chi connectivity index (χ1v) is 9.69. The van der Waals surface area contributed by atoms with Crippen LogP contribution < -0.4 is 10.6 Å². The average molecular weight is 343 g/mol. The second kappa shape index (κ2) is 7.46. The minimum absolute atomic E-state index is 0.343. The molecule has 2 aliphatic heterocycles. The van der Waals surface area contributed by atoms with Gasteiger partial charge in [0.15, 0.2) is 0 Å². The molecule has 3 aliphatic rings. The molecule has 0 aromatic carbocycles. The molecule has 0 radical (unpaired) electrons. The monoisotopic (exact) mass is 342 g/mol. The van der Waals surface area contributed by atoms with Crippen LogP contribution in [-0.4, -0.2) is 49.4 Å². The van der Waals surface area contributed by atoms with Crippen LogP contribution in [0, 0.1) is 16.7 Å². The number of allylic oxidation sites excluding steroid dienone is 3. The maximum atomic E-state index is 8.40. The van der Waals surface area contributed by atoms with Crippen LogP contribution in [0.4, 0.5) is 0 Å². The SMILES string of the molecule is C[C@H]1CC[C@H](C2=CC(=N)/C(=C\NC3CN(C)CC(C)(C)C3)C=C2)NC1. The number of piperidine rings is 2. The summed E-state index contributed by atoms with van der Waals surface area (Å²) in [7, 11) is 2.19. The van der Waals surface area contributed by atoms with Gasteiger partial charge in [-0.25, -0.2) is 0 Å². The molecule has 4 heteroatoms. The lowest BCUT2D eigenvalue weighted by atomic mass is 9.82. The van der Waals surface area contributed by atoms with Gasteiger partial charge in [-0.1, -0.05) is 32.9 Å². The lowest BCUT2D eigenvalue weighted by Gasteiger charge is -2.41. The van der Waals surface area contributed by atoms with Crippen molar-refractivity contribution in [2.24, 2.45) is 11.3 Å². The van der Waals surface area contributed by atoms with Crippen molar-refractivity contribution in [3.8, 4) is 0 Å². The summed E-state index contributed by atoms with van der Waals surface area (Å²) in [6.07, 6.45) is 12.0. The molecule has 0 saturated carbocycles. The van der Waals surface area contributed by atoms with Gasteiger partial charge in [0.1, 0.15) is 0 Å². The molecule has 2 fully saturated rings. The van der Waals surface area contributed by atoms with E-state index in [1.54, 1.807) is 0 Å². The maximum Gasteiger partial charge on any atom is 0.0630 e. The number of rotatable bonds is 3. The van der Waals surface area contributed by atoms with E-state index in [0.29, 0.717) is 23.2 Å². The van der Waals surface area contributed by atoms with E-state index < -0.39 is 0 Å². The third-order valence-electron chi connectivity index (χ3n) is 5.64. The van der Waals surface area contributed by atoms with E-state index in [0.717, 1.165) is 31.1 Å². The Kier molecular flexibility index (Phi) is 5.49. The summed E-state index contributed by atoms with van der Waals surface area (Å²) < 4.78 is 0. The van der Waals surface area contributed by atoms with Gasteiger partial charge in [0.25, 0.3) is 0 Å². The number of hydrogen-bond acceptors (Lipinski definition) is 4. The minimum atomic E-state index is 0.343. The number of nitrogens with one attached hydrogen (secondary N) is 3. The Labute approximate surface area is 152 Å². The summed E-state index contributed by atoms with van der Waals surface area (Å²) in [5, 5.41) is 15.6. The second-order valence-electron chi connectivity index (χ2n) is 9.06. The number of likely N-dealkylation sites (tertiary alicyclic amines) is 1. The van der Waals surface area contributed by atoms with Gasteiger partial charge in [-0.2, -0.15) is 0 Å². The molecule has 1 unspecified atom stereocenters. The quantitative estimate of drug-likeness (QED) is 0.739. The van der Waals surface area contributed by atoms with Crippen molar-refractivity contribution >= 4 is 5.71 Å². The summed E-state index contributed by atoms with van der Waals surface area (Å²) in [6, 6.07) is 0.865. The van der Waals surface area contributed by atoms with Crippen molar-refractivity contribution < 1.29 is 0 Å². The molecule has 2 heterocycles. The largest absolute Gasteiger partial charge is 0.386 e. The summed E-state index contributed by atoms with van der Waals surface area (Å²) in [5.74, 6) is 0.765. The Morgan fingerprint density at radius 3 is 2.76 bits per heavy atom. The van der Waals surface area contributed by atoms with Crippen molar-refractivity contribution in [2.45, 2.75) is 52.1 Å². The molecular formula is C21H34N4. The first kappa shape index (κ1) is 18.4. The molecule has 0 spiro atoms. The molecule has 2 saturated heterocycles. The molecule has 3 N–H and O–H groups in total. The van der Waals surface area contributed by atoms with Gasteiger partial charge in [0.2, 0.25) is 0 Å². The van der Waals surface area contributed by atoms with E-state index in [-0.39, 0.29) is 0 Å². The van der Waals surface area contributed by atoms with E-state index in [1.807, 2.05) is 12.3 Å². The van der Waals surface area contributed by atoms with Crippen molar-refractivity contribution in [3.05, 3.63) is 35.6 Å². The molecule has 25 heavy (non-hydrogen) atoms. The van der Waals surface area contributed by atoms with Gasteiger partial charge in [0, 0.05) is 36.9 Å². The fourth-order valence-corrected chi connectivity index (χ4v) is 4.49. The Bertz CT molecular complexity index is 591. The zero-order valence-electron chi connectivity index (χ0n) is 16.2. The van der Waals surface area contributed by atoms with Crippen LogP contribution in [0.25, 0.3) is 0 Å². The van der Waals surface area contributed by atoms with E-state index in [1.165, 1.54) is 24.8 Å². The van der Waals surface area contributed by atoms with Gasteiger partial charge in [-0.3, -0.25) is 0 Å². The van der Waals surface area contributed by atoms with Crippen LogP contribution in [-0.2, 0) is 0 Å². The summed E-state index contributed by atoms with van der Waals surface area (Å²) >= 11 is 0. The molecular weight excluding hydrogens is 308 g/mol. The molecule has 4 nitrogen and oxygen atoms in total. The highest BCUT2D eigenvalue weighted by Gasteiger charge is 2.30. The predicted octanol–water partition coefficient (Wildman–Crippen LogP) is 3.09. The van der Waals surface area contributed by atoms with Crippen molar-refractivity contribution in [2.75, 3.05) is 26.7 Å². The molecule has 0 aromatic heterocycles. The molecule has 1 aliphatic carbocycles. The summed E-state index contributed by atoms with van der Waals surface area (Å²) in [6.45, 7) is 10.3. The van der Waals surface area contributed by atoms with Crippen LogP contribution >= 0.6 is 0 Å². The Morgan fingerprint density at radius 2 is 2.12 bits per heavy atom. The van der Waals surface area contributed by atoms with Crippen LogP contribution in [0.15, 0.2) is 35.6 Å². The van der Waals surface area contributed by atoms with Gasteiger partial charge in [-0.15, -0.1) is 0 Å². The van der Waals surface area contributed by atoms with Crippen LogP contribution in [0.1, 0.15) is 40.0 Å². The number of likely N-dealkylation sites (N-methyl/N-ethyl adjacent to an activating group) is 1. The maximum absolute atomic E-state index is 8.40. The summed E-state index contributed by atoms with van der Waals surface area (Å²) in [5.41, 5.74) is 3.20. The first-order chi connectivity index (χ1) is 11.8. The van der Waals surface area contributed by atoms with Gasteiger partial charge in [0.05, 0.1) is 5.71 Å². The normalized spacial score (nSPS) is 34.9. The van der Waals surface area contributed by atoms with Crippen LogP contribution in [0.2, 0.25) is 0 Å². The zero-order chi connectivity index (χ0) is 18.0. The predicted molar refractivity (Wildman–Crippen MR) is 106 cm³/mol. The lowest BCUT2D eigenvalue weighted by molar-refractivity contribution is 0.116. The van der Waals surface area contributed by atoms with E-state index in [9.17, 15) is 0 Å². The zero-order valence-corrected chi connectivity index (χ0v) is 16.2. The van der Waals surface area contributed by atoms with Gasteiger partial charge < -0.3 is 20.9 Å². The fraction of sp³-hybridized carbons (Fsp3) is 0.667. The van der Waals surface area contributed by atoms with E-state index in [2.05, 4.69) is 55.5 Å². The third kappa shape index (κ3) is 4.83. The van der Waals surface area contributed by atoms with Gasteiger partial charge in [-0.05, 0) is 55.8 Å². The standard InChI is InChI=1S/C21H34N4/c1-15-5-8-20(24-11-15)16-6-7-17(19(22)9-16)12-23-18-10-21(2,3)14-25(4)13-18/h6-7,9,12,15,18,20,22-24H,5,8,10-11,13-14H2,1-4H3/b17-12-,22-19?/t15-,18?,20+/m0/s1. The first-order valence-electron chi connectivity index (χ1n) is 9.69. The highest BCUT2D eigenvalue weighted by atomic mass is 15.1. The lowest BCUT2D eigenvalue weighted by Crippen LogP contribution is -2.49. The van der Waals surface area contributed by atoms with Crippen molar-refractivity contribution in [1.82, 2.24) is 15.5 Å². The Balaban J connectivity index is 1.59. The molecule has 0 bridgehead atoms. The van der Waals surface area contributed by atoms with Crippen LogP contribution in [0.5, 0.6) is 0 Å². The van der Waals surface area contributed by atoms with Gasteiger partial charge >= 0.3 is 0 Å². The van der Waals surface area contributed by atoms with Crippen molar-refractivity contribution in [1.29, 1.82) is 5.41 Å². The minimum Gasteiger partial charge on any atom is -0.386 e. The molecule has 0 amide bonds. The molecule has 3 atom stereocenters. The van der Waals surface area contributed by atoms with E-state index in [4.69, 9.17) is 5.41 Å². The Hall–Kier alpha value is -1.39. The molecule has 0 aromatic rings. The summed E-state index contributed by atoms with van der Waals surface area (Å²) in [4.78, 5) is 2.40. The highest BCUT2D eigenvalue weighted by molar-refractivity contribution is 6.10. The second-order valence-corrected chi connectivity index (χ2v) is 9.06. The van der Waals surface area contributed by atoms with Crippen molar-refractivity contribution in [3.63, 3.8) is 0 Å². The number of nitrogens with zero attached hydrogens (tertiary/aromatic N) is 1. The smallest absolute Gasteiger partial charge is 0.0630 e. The third-order valence-corrected chi connectivity index (χ3v) is 5.64.